The van der Waals surface area contributed by atoms with Crippen LogP contribution >= 0.6 is 0 Å². The van der Waals surface area contributed by atoms with Crippen LogP contribution in [0, 0.1) is 20.8 Å². The van der Waals surface area contributed by atoms with Crippen LogP contribution in [-0.2, 0) is 6.42 Å². The topological polar surface area (TPSA) is 59.8 Å². The molecule has 1 aromatic heterocycles. The van der Waals surface area contributed by atoms with Gasteiger partial charge in [-0.05, 0) is 73.7 Å². The molecule has 0 saturated carbocycles. The van der Waals surface area contributed by atoms with Crippen molar-refractivity contribution in [3.8, 4) is 5.69 Å². The van der Waals surface area contributed by atoms with Gasteiger partial charge in [0.1, 0.15) is 12.7 Å². The molecule has 0 bridgehead atoms. The lowest BCUT2D eigenvalue weighted by molar-refractivity contribution is 0.102. The molecule has 128 valence electrons. The number of carbonyl (C=O) groups excluding carboxylic acids is 1. The molecule has 0 saturated heterocycles. The van der Waals surface area contributed by atoms with Crippen LogP contribution in [0.25, 0.3) is 5.69 Å². The Labute approximate surface area is 147 Å². The molecule has 1 N–H and O–H groups in total. The number of anilines is 1. The van der Waals surface area contributed by atoms with Crippen LogP contribution in [0.2, 0.25) is 0 Å². The van der Waals surface area contributed by atoms with E-state index in [4.69, 9.17) is 0 Å². The molecular formula is C20H22N4O. The molecule has 1 amide bonds. The zero-order chi connectivity index (χ0) is 18.0. The number of carbonyl (C=O) groups is 1. The van der Waals surface area contributed by atoms with Crippen molar-refractivity contribution in [3.63, 3.8) is 0 Å². The third-order valence-electron chi connectivity index (χ3n) is 4.51. The van der Waals surface area contributed by atoms with Crippen molar-refractivity contribution in [3.05, 3.63) is 70.8 Å². The van der Waals surface area contributed by atoms with E-state index in [0.717, 1.165) is 34.5 Å². The van der Waals surface area contributed by atoms with E-state index in [2.05, 4.69) is 28.5 Å². The molecule has 1 heterocycles. The summed E-state index contributed by atoms with van der Waals surface area (Å²) < 4.78 is 1.86. The van der Waals surface area contributed by atoms with Gasteiger partial charge >= 0.3 is 0 Å². The molecule has 0 fully saturated rings. The Balaban J connectivity index is 1.94. The van der Waals surface area contributed by atoms with E-state index < -0.39 is 0 Å². The summed E-state index contributed by atoms with van der Waals surface area (Å²) >= 11 is 0. The number of nitrogens with zero attached hydrogens (tertiary/aromatic N) is 3. The van der Waals surface area contributed by atoms with E-state index in [1.807, 2.05) is 49.6 Å². The third-order valence-corrected chi connectivity index (χ3v) is 4.51. The first-order chi connectivity index (χ1) is 12.0. The maximum atomic E-state index is 12.7. The highest BCUT2D eigenvalue weighted by Gasteiger charge is 2.13. The lowest BCUT2D eigenvalue weighted by Crippen LogP contribution is -2.15. The Kier molecular flexibility index (Phi) is 4.65. The summed E-state index contributed by atoms with van der Waals surface area (Å²) in [6.07, 6.45) is 4.16. The van der Waals surface area contributed by atoms with E-state index in [9.17, 15) is 4.79 Å². The van der Waals surface area contributed by atoms with Crippen LogP contribution in [0.4, 0.5) is 5.69 Å². The average molecular weight is 334 g/mol. The summed E-state index contributed by atoms with van der Waals surface area (Å²) in [6, 6.07) is 9.86. The second-order valence-electron chi connectivity index (χ2n) is 6.27. The van der Waals surface area contributed by atoms with Crippen molar-refractivity contribution >= 4 is 11.6 Å². The molecule has 0 atom stereocenters. The molecule has 0 aliphatic rings. The van der Waals surface area contributed by atoms with Gasteiger partial charge in [-0.2, -0.15) is 0 Å². The summed E-state index contributed by atoms with van der Waals surface area (Å²) in [4.78, 5) is 12.7. The number of rotatable bonds is 4. The molecule has 0 aliphatic heterocycles. The molecular weight excluding hydrogens is 312 g/mol. The predicted molar refractivity (Wildman–Crippen MR) is 99.3 cm³/mol. The fourth-order valence-corrected chi connectivity index (χ4v) is 2.85. The number of benzene rings is 2. The Hall–Kier alpha value is -2.95. The fourth-order valence-electron chi connectivity index (χ4n) is 2.85. The van der Waals surface area contributed by atoms with E-state index in [-0.39, 0.29) is 5.91 Å². The zero-order valence-corrected chi connectivity index (χ0v) is 15.0. The van der Waals surface area contributed by atoms with Gasteiger partial charge in [0, 0.05) is 16.9 Å². The van der Waals surface area contributed by atoms with Gasteiger partial charge < -0.3 is 5.32 Å². The van der Waals surface area contributed by atoms with Crippen LogP contribution in [0.15, 0.2) is 43.0 Å². The minimum atomic E-state index is -0.0852. The molecule has 25 heavy (non-hydrogen) atoms. The number of hydrogen-bond acceptors (Lipinski definition) is 3. The summed E-state index contributed by atoms with van der Waals surface area (Å²) in [6.45, 7) is 8.14. The van der Waals surface area contributed by atoms with Crippen LogP contribution < -0.4 is 5.32 Å². The van der Waals surface area contributed by atoms with Crippen molar-refractivity contribution in [2.45, 2.75) is 34.1 Å². The predicted octanol–water partition coefficient (Wildman–Crippen LogP) is 4.01. The van der Waals surface area contributed by atoms with Crippen LogP contribution in [0.5, 0.6) is 0 Å². The van der Waals surface area contributed by atoms with Crippen molar-refractivity contribution in [2.24, 2.45) is 0 Å². The second kappa shape index (κ2) is 6.89. The first-order valence-corrected chi connectivity index (χ1v) is 8.36. The molecule has 3 aromatic rings. The number of hydrogen-bond donors (Lipinski definition) is 1. The molecule has 0 aliphatic carbocycles. The standard InChI is InChI=1S/C20H22N4O/c1-5-16-10-18(24-11-21-22-12-24)9-15(4)19(16)23-20(25)17-7-6-13(2)14(3)8-17/h6-12H,5H2,1-4H3,(H,23,25). The Morgan fingerprint density at radius 3 is 2.36 bits per heavy atom. The van der Waals surface area contributed by atoms with E-state index in [1.165, 1.54) is 5.56 Å². The SMILES string of the molecule is CCc1cc(-n2cnnc2)cc(C)c1NC(=O)c1ccc(C)c(C)c1. The first-order valence-electron chi connectivity index (χ1n) is 8.36. The summed E-state index contributed by atoms with van der Waals surface area (Å²) in [7, 11) is 0. The maximum absolute atomic E-state index is 12.7. The van der Waals surface area contributed by atoms with Crippen LogP contribution in [-0.4, -0.2) is 20.7 Å². The average Bonchev–Trinajstić information content (AvgIpc) is 3.13. The number of nitrogens with one attached hydrogen (secondary N) is 1. The van der Waals surface area contributed by atoms with Gasteiger partial charge in [-0.1, -0.05) is 13.0 Å². The molecule has 2 aromatic carbocycles. The largest absolute Gasteiger partial charge is 0.321 e. The first kappa shape index (κ1) is 16.9. The van der Waals surface area contributed by atoms with Gasteiger partial charge in [0.25, 0.3) is 5.91 Å². The lowest BCUT2D eigenvalue weighted by Gasteiger charge is -2.16. The summed E-state index contributed by atoms with van der Waals surface area (Å²) in [5, 5.41) is 10.8. The molecule has 5 heteroatoms. The Bertz CT molecular complexity index is 914. The van der Waals surface area contributed by atoms with Gasteiger partial charge in [0.05, 0.1) is 0 Å². The molecule has 0 radical (unpaired) electrons. The van der Waals surface area contributed by atoms with E-state index >= 15 is 0 Å². The normalized spacial score (nSPS) is 10.7. The fraction of sp³-hybridized carbons (Fsp3) is 0.250. The van der Waals surface area contributed by atoms with Crippen molar-refractivity contribution in [2.75, 3.05) is 5.32 Å². The highest BCUT2D eigenvalue weighted by molar-refractivity contribution is 6.05. The Morgan fingerprint density at radius 1 is 1.00 bits per heavy atom. The number of amides is 1. The summed E-state index contributed by atoms with van der Waals surface area (Å²) in [5.41, 5.74) is 6.93. The molecule has 0 spiro atoms. The van der Waals surface area contributed by atoms with Crippen LogP contribution in [0.3, 0.4) is 0 Å². The van der Waals surface area contributed by atoms with E-state index in [1.54, 1.807) is 12.7 Å². The minimum absolute atomic E-state index is 0.0852. The van der Waals surface area contributed by atoms with E-state index in [0.29, 0.717) is 5.56 Å². The van der Waals surface area contributed by atoms with Gasteiger partial charge in [0.2, 0.25) is 0 Å². The van der Waals surface area contributed by atoms with Crippen molar-refractivity contribution in [1.29, 1.82) is 0 Å². The maximum Gasteiger partial charge on any atom is 0.255 e. The molecule has 0 unspecified atom stereocenters. The van der Waals surface area contributed by atoms with Gasteiger partial charge in [-0.25, -0.2) is 0 Å². The van der Waals surface area contributed by atoms with Gasteiger partial charge in [-0.3, -0.25) is 9.36 Å². The van der Waals surface area contributed by atoms with Crippen LogP contribution in [0.1, 0.15) is 39.5 Å². The minimum Gasteiger partial charge on any atom is -0.321 e. The third kappa shape index (κ3) is 3.45. The number of aromatic nitrogens is 3. The quantitative estimate of drug-likeness (QED) is 0.784. The smallest absolute Gasteiger partial charge is 0.255 e. The van der Waals surface area contributed by atoms with Gasteiger partial charge in [0.15, 0.2) is 0 Å². The highest BCUT2D eigenvalue weighted by Crippen LogP contribution is 2.26. The highest BCUT2D eigenvalue weighted by atomic mass is 16.1. The zero-order valence-electron chi connectivity index (χ0n) is 15.0. The second-order valence-corrected chi connectivity index (χ2v) is 6.27. The van der Waals surface area contributed by atoms with Gasteiger partial charge in [-0.15, -0.1) is 10.2 Å². The summed E-state index contributed by atoms with van der Waals surface area (Å²) in [5.74, 6) is -0.0852. The van der Waals surface area contributed by atoms with Crippen molar-refractivity contribution in [1.82, 2.24) is 14.8 Å². The monoisotopic (exact) mass is 334 g/mol. The molecule has 3 rings (SSSR count). The van der Waals surface area contributed by atoms with Crippen molar-refractivity contribution < 1.29 is 4.79 Å². The Morgan fingerprint density at radius 2 is 1.72 bits per heavy atom. The molecule has 5 nitrogen and oxygen atoms in total. The number of aryl methyl sites for hydroxylation is 4. The lowest BCUT2D eigenvalue weighted by atomic mass is 10.0.